The van der Waals surface area contributed by atoms with Gasteiger partial charge < -0.3 is 20.1 Å². The van der Waals surface area contributed by atoms with E-state index in [1.165, 1.54) is 0 Å². The number of ether oxygens (including phenoxy) is 1. The number of aliphatic hydroxyl groups excluding tert-OH is 1. The molecule has 2 N–H and O–H groups in total. The summed E-state index contributed by atoms with van der Waals surface area (Å²) >= 11 is 0. The van der Waals surface area contributed by atoms with Gasteiger partial charge in [-0.25, -0.2) is 0 Å². The molecule has 24 heavy (non-hydrogen) atoms. The van der Waals surface area contributed by atoms with Gasteiger partial charge in [0.15, 0.2) is 0 Å². The van der Waals surface area contributed by atoms with E-state index in [0.29, 0.717) is 12.5 Å². The molecule has 1 aromatic carbocycles. The molecular formula is C19H28N2O3. The Morgan fingerprint density at radius 2 is 2.00 bits per heavy atom. The number of likely N-dealkylation sites (tertiary alicyclic amines) is 1. The molecule has 1 aromatic rings. The third-order valence-electron chi connectivity index (χ3n) is 5.15. The molecule has 3 rings (SSSR count). The SMILES string of the molecule is CC1CC(NCC2CCN(CC(O)c3ccccc3)CC2)C(=O)O1. The summed E-state index contributed by atoms with van der Waals surface area (Å²) in [6, 6.07) is 9.72. The van der Waals surface area contributed by atoms with Crippen molar-refractivity contribution in [3.63, 3.8) is 0 Å². The van der Waals surface area contributed by atoms with Crippen LogP contribution in [0.2, 0.25) is 0 Å². The zero-order chi connectivity index (χ0) is 16.9. The number of hydrogen-bond acceptors (Lipinski definition) is 5. The van der Waals surface area contributed by atoms with Crippen LogP contribution >= 0.6 is 0 Å². The normalized spacial score (nSPS) is 27.2. The molecule has 2 saturated heterocycles. The fourth-order valence-electron chi connectivity index (χ4n) is 3.63. The highest BCUT2D eigenvalue weighted by Gasteiger charge is 2.32. The number of rotatable bonds is 6. The van der Waals surface area contributed by atoms with Crippen LogP contribution in [0.5, 0.6) is 0 Å². The van der Waals surface area contributed by atoms with Crippen LogP contribution in [0.3, 0.4) is 0 Å². The minimum Gasteiger partial charge on any atom is -0.461 e. The fourth-order valence-corrected chi connectivity index (χ4v) is 3.63. The van der Waals surface area contributed by atoms with Crippen LogP contribution in [0.25, 0.3) is 0 Å². The number of aliphatic hydroxyl groups is 1. The average molecular weight is 332 g/mol. The molecule has 132 valence electrons. The predicted molar refractivity (Wildman–Crippen MR) is 92.5 cm³/mol. The van der Waals surface area contributed by atoms with Crippen molar-refractivity contribution in [2.75, 3.05) is 26.2 Å². The maximum Gasteiger partial charge on any atom is 0.323 e. The predicted octanol–water partition coefficient (Wildman–Crippen LogP) is 1.73. The topological polar surface area (TPSA) is 61.8 Å². The molecule has 5 heteroatoms. The lowest BCUT2D eigenvalue weighted by molar-refractivity contribution is -0.142. The van der Waals surface area contributed by atoms with Gasteiger partial charge in [0.05, 0.1) is 6.10 Å². The van der Waals surface area contributed by atoms with E-state index in [4.69, 9.17) is 4.74 Å². The van der Waals surface area contributed by atoms with Crippen molar-refractivity contribution in [3.8, 4) is 0 Å². The Morgan fingerprint density at radius 1 is 1.29 bits per heavy atom. The van der Waals surface area contributed by atoms with E-state index in [9.17, 15) is 9.90 Å². The van der Waals surface area contributed by atoms with Gasteiger partial charge in [-0.1, -0.05) is 30.3 Å². The van der Waals surface area contributed by atoms with E-state index < -0.39 is 6.10 Å². The molecule has 3 unspecified atom stereocenters. The molecule has 2 aliphatic heterocycles. The van der Waals surface area contributed by atoms with Crippen LogP contribution < -0.4 is 5.32 Å². The smallest absolute Gasteiger partial charge is 0.323 e. The summed E-state index contributed by atoms with van der Waals surface area (Å²) in [5, 5.41) is 13.7. The van der Waals surface area contributed by atoms with Gasteiger partial charge in [-0.3, -0.25) is 4.79 Å². The first kappa shape index (κ1) is 17.4. The standard InChI is InChI=1S/C19H28N2O3/c1-14-11-17(19(23)24-14)20-12-15-7-9-21(10-8-15)13-18(22)16-5-3-2-4-6-16/h2-6,14-15,17-18,20,22H,7-13H2,1H3. The Bertz CT molecular complexity index is 529. The molecule has 0 saturated carbocycles. The van der Waals surface area contributed by atoms with Crippen molar-refractivity contribution in [1.82, 2.24) is 10.2 Å². The second kappa shape index (κ2) is 8.10. The number of benzene rings is 1. The molecule has 0 aromatic heterocycles. The van der Waals surface area contributed by atoms with E-state index in [0.717, 1.165) is 44.5 Å². The van der Waals surface area contributed by atoms with Gasteiger partial charge in [-0.2, -0.15) is 0 Å². The summed E-state index contributed by atoms with van der Waals surface area (Å²) in [5.74, 6) is 0.491. The summed E-state index contributed by atoms with van der Waals surface area (Å²) in [4.78, 5) is 14.0. The minimum atomic E-state index is -0.421. The lowest BCUT2D eigenvalue weighted by Crippen LogP contribution is -2.42. The number of piperidine rings is 1. The van der Waals surface area contributed by atoms with Crippen molar-refractivity contribution in [2.24, 2.45) is 5.92 Å². The molecule has 0 radical (unpaired) electrons. The third kappa shape index (κ3) is 4.56. The summed E-state index contributed by atoms with van der Waals surface area (Å²) in [6.45, 7) is 5.51. The summed E-state index contributed by atoms with van der Waals surface area (Å²) in [6.07, 6.45) is 2.60. The van der Waals surface area contributed by atoms with Crippen LogP contribution in [0.15, 0.2) is 30.3 Å². The van der Waals surface area contributed by atoms with Crippen LogP contribution in [0, 0.1) is 5.92 Å². The summed E-state index contributed by atoms with van der Waals surface area (Å²) < 4.78 is 5.18. The van der Waals surface area contributed by atoms with Crippen LogP contribution in [-0.4, -0.2) is 54.3 Å². The summed E-state index contributed by atoms with van der Waals surface area (Å²) in [5.41, 5.74) is 0.982. The van der Waals surface area contributed by atoms with E-state index >= 15 is 0 Å². The molecule has 0 spiro atoms. The Morgan fingerprint density at radius 3 is 2.62 bits per heavy atom. The van der Waals surface area contributed by atoms with Crippen molar-refractivity contribution >= 4 is 5.97 Å². The molecule has 2 aliphatic rings. The van der Waals surface area contributed by atoms with E-state index in [2.05, 4.69) is 10.2 Å². The lowest BCUT2D eigenvalue weighted by atomic mass is 9.95. The van der Waals surface area contributed by atoms with Crippen molar-refractivity contribution in [3.05, 3.63) is 35.9 Å². The van der Waals surface area contributed by atoms with E-state index in [1.54, 1.807) is 0 Å². The second-order valence-corrected chi connectivity index (χ2v) is 7.11. The quantitative estimate of drug-likeness (QED) is 0.777. The monoisotopic (exact) mass is 332 g/mol. The van der Waals surface area contributed by atoms with Crippen molar-refractivity contribution in [1.29, 1.82) is 0 Å². The molecular weight excluding hydrogens is 304 g/mol. The van der Waals surface area contributed by atoms with E-state index in [-0.39, 0.29) is 18.1 Å². The first-order valence-corrected chi connectivity index (χ1v) is 9.01. The lowest BCUT2D eigenvalue weighted by Gasteiger charge is -2.33. The van der Waals surface area contributed by atoms with Crippen LogP contribution in [-0.2, 0) is 9.53 Å². The Hall–Kier alpha value is -1.43. The zero-order valence-corrected chi connectivity index (χ0v) is 14.4. The average Bonchev–Trinajstić information content (AvgIpc) is 2.92. The van der Waals surface area contributed by atoms with Gasteiger partial charge in [0.2, 0.25) is 0 Å². The number of esters is 1. The number of carbonyl (C=O) groups is 1. The van der Waals surface area contributed by atoms with Gasteiger partial charge in [-0.05, 0) is 50.9 Å². The van der Waals surface area contributed by atoms with Gasteiger partial charge in [0.25, 0.3) is 0 Å². The highest BCUT2D eigenvalue weighted by molar-refractivity contribution is 5.77. The molecule has 3 atom stereocenters. The van der Waals surface area contributed by atoms with Crippen molar-refractivity contribution < 1.29 is 14.6 Å². The summed E-state index contributed by atoms with van der Waals surface area (Å²) in [7, 11) is 0. The zero-order valence-electron chi connectivity index (χ0n) is 14.4. The number of hydrogen-bond donors (Lipinski definition) is 2. The van der Waals surface area contributed by atoms with Gasteiger partial charge in [0.1, 0.15) is 12.1 Å². The van der Waals surface area contributed by atoms with Gasteiger partial charge in [-0.15, -0.1) is 0 Å². The Balaban J connectivity index is 1.37. The largest absolute Gasteiger partial charge is 0.461 e. The highest BCUT2D eigenvalue weighted by atomic mass is 16.6. The fraction of sp³-hybridized carbons (Fsp3) is 0.632. The Kier molecular flexibility index (Phi) is 5.87. The second-order valence-electron chi connectivity index (χ2n) is 7.11. The number of β-amino-alcohol motifs (C(OH)–C–C–N with tert-alkyl or cyclic N) is 1. The van der Waals surface area contributed by atoms with Crippen molar-refractivity contribution in [2.45, 2.75) is 44.4 Å². The molecule has 2 fully saturated rings. The molecule has 5 nitrogen and oxygen atoms in total. The van der Waals surface area contributed by atoms with Crippen LogP contribution in [0.4, 0.5) is 0 Å². The molecule has 2 heterocycles. The van der Waals surface area contributed by atoms with Crippen LogP contribution in [0.1, 0.15) is 37.9 Å². The number of nitrogens with zero attached hydrogens (tertiary/aromatic N) is 1. The van der Waals surface area contributed by atoms with Gasteiger partial charge >= 0.3 is 5.97 Å². The maximum absolute atomic E-state index is 11.6. The number of carbonyl (C=O) groups excluding carboxylic acids is 1. The first-order valence-electron chi connectivity index (χ1n) is 9.01. The molecule has 0 aliphatic carbocycles. The van der Waals surface area contributed by atoms with Gasteiger partial charge in [0, 0.05) is 13.0 Å². The number of cyclic esters (lactones) is 1. The molecule has 0 bridgehead atoms. The Labute approximate surface area is 144 Å². The maximum atomic E-state index is 11.6. The third-order valence-corrected chi connectivity index (χ3v) is 5.15. The minimum absolute atomic E-state index is 0.0383. The highest BCUT2D eigenvalue weighted by Crippen LogP contribution is 2.21. The van der Waals surface area contributed by atoms with E-state index in [1.807, 2.05) is 37.3 Å². The molecule has 0 amide bonds. The number of nitrogens with one attached hydrogen (secondary N) is 1. The first-order chi connectivity index (χ1) is 11.6.